The average molecular weight is 271 g/mol. The minimum atomic E-state index is -1.03. The first kappa shape index (κ1) is 13.6. The zero-order valence-corrected chi connectivity index (χ0v) is 10.6. The number of ether oxygens (including phenoxy) is 1. The summed E-state index contributed by atoms with van der Waals surface area (Å²) in [5, 5.41) is 8.77. The van der Waals surface area contributed by atoms with Gasteiger partial charge in [-0.15, -0.1) is 0 Å². The van der Waals surface area contributed by atoms with Gasteiger partial charge in [-0.1, -0.05) is 12.1 Å². The molecule has 5 nitrogen and oxygen atoms in total. The number of nitrogen functional groups attached to an aromatic ring is 1. The second-order valence-electron chi connectivity index (χ2n) is 4.16. The molecule has 0 radical (unpaired) electrons. The predicted molar refractivity (Wildman–Crippen MR) is 74.1 cm³/mol. The largest absolute Gasteiger partial charge is 0.485 e. The van der Waals surface area contributed by atoms with Gasteiger partial charge in [0.05, 0.1) is 5.56 Å². The normalized spacial score (nSPS) is 10.0. The Morgan fingerprint density at radius 2 is 1.50 bits per heavy atom. The molecular formula is C15H13NO4. The highest BCUT2D eigenvalue weighted by Crippen LogP contribution is 2.13. The van der Waals surface area contributed by atoms with Crippen molar-refractivity contribution in [3.63, 3.8) is 0 Å². The quantitative estimate of drug-likeness (QED) is 0.643. The Kier molecular flexibility index (Phi) is 4.00. The molecule has 2 aromatic rings. The second kappa shape index (κ2) is 5.88. The number of rotatable bonds is 5. The highest BCUT2D eigenvalue weighted by molar-refractivity contribution is 5.98. The number of carboxylic acid groups (broad SMARTS) is 1. The molecule has 5 heteroatoms. The molecule has 0 amide bonds. The Morgan fingerprint density at radius 3 is 2.05 bits per heavy atom. The summed E-state index contributed by atoms with van der Waals surface area (Å²) in [6.45, 7) is -0.115. The van der Waals surface area contributed by atoms with Gasteiger partial charge in [0.15, 0.2) is 12.4 Å². The van der Waals surface area contributed by atoms with Crippen LogP contribution >= 0.6 is 0 Å². The SMILES string of the molecule is Nc1ccc(OCC(=O)c2ccc(C(=O)O)cc2)cc1. The van der Waals surface area contributed by atoms with Crippen molar-refractivity contribution < 1.29 is 19.4 Å². The van der Waals surface area contributed by atoms with E-state index in [9.17, 15) is 9.59 Å². The number of carboxylic acids is 1. The van der Waals surface area contributed by atoms with E-state index in [1.807, 2.05) is 0 Å². The Labute approximate surface area is 115 Å². The number of nitrogens with two attached hydrogens (primary N) is 1. The monoisotopic (exact) mass is 271 g/mol. The summed E-state index contributed by atoms with van der Waals surface area (Å²) in [6.07, 6.45) is 0. The number of carbonyl (C=O) groups is 2. The van der Waals surface area contributed by atoms with Crippen LogP contribution in [-0.4, -0.2) is 23.5 Å². The van der Waals surface area contributed by atoms with Crippen LogP contribution in [0.25, 0.3) is 0 Å². The van der Waals surface area contributed by atoms with Crippen LogP contribution in [0.1, 0.15) is 20.7 Å². The lowest BCUT2D eigenvalue weighted by molar-refractivity contribution is 0.0696. The smallest absolute Gasteiger partial charge is 0.335 e. The number of hydrogen-bond donors (Lipinski definition) is 2. The number of carbonyl (C=O) groups excluding carboxylic acids is 1. The van der Waals surface area contributed by atoms with Crippen molar-refractivity contribution in [1.29, 1.82) is 0 Å². The van der Waals surface area contributed by atoms with Crippen LogP contribution < -0.4 is 10.5 Å². The van der Waals surface area contributed by atoms with Gasteiger partial charge in [0.1, 0.15) is 5.75 Å². The number of benzene rings is 2. The van der Waals surface area contributed by atoms with E-state index >= 15 is 0 Å². The molecule has 0 spiro atoms. The highest BCUT2D eigenvalue weighted by atomic mass is 16.5. The molecule has 0 aliphatic heterocycles. The van der Waals surface area contributed by atoms with Gasteiger partial charge in [0.25, 0.3) is 0 Å². The average Bonchev–Trinajstić information content (AvgIpc) is 2.46. The van der Waals surface area contributed by atoms with Gasteiger partial charge in [-0.25, -0.2) is 4.79 Å². The number of hydrogen-bond acceptors (Lipinski definition) is 4. The first-order valence-corrected chi connectivity index (χ1v) is 5.91. The van der Waals surface area contributed by atoms with Crippen LogP contribution in [-0.2, 0) is 0 Å². The number of aromatic carboxylic acids is 1. The van der Waals surface area contributed by atoms with E-state index < -0.39 is 5.97 Å². The Morgan fingerprint density at radius 1 is 0.950 bits per heavy atom. The number of ketones is 1. The Balaban J connectivity index is 1.97. The van der Waals surface area contributed by atoms with E-state index in [4.69, 9.17) is 15.6 Å². The number of Topliss-reactive ketones (excluding diaryl/α,β-unsaturated/α-hetero) is 1. The van der Waals surface area contributed by atoms with E-state index in [1.165, 1.54) is 24.3 Å². The molecule has 0 aliphatic rings. The lowest BCUT2D eigenvalue weighted by atomic mass is 10.1. The topological polar surface area (TPSA) is 89.6 Å². The Hall–Kier alpha value is -2.82. The van der Waals surface area contributed by atoms with Crippen LogP contribution in [0.15, 0.2) is 48.5 Å². The van der Waals surface area contributed by atoms with Gasteiger partial charge in [-0.3, -0.25) is 4.79 Å². The summed E-state index contributed by atoms with van der Waals surface area (Å²) in [6, 6.07) is 12.4. The summed E-state index contributed by atoms with van der Waals surface area (Å²) in [4.78, 5) is 22.6. The van der Waals surface area contributed by atoms with E-state index in [1.54, 1.807) is 24.3 Å². The van der Waals surface area contributed by atoms with Crippen molar-refractivity contribution in [3.8, 4) is 5.75 Å². The molecule has 20 heavy (non-hydrogen) atoms. The molecule has 2 rings (SSSR count). The first-order valence-electron chi connectivity index (χ1n) is 5.91. The third-order valence-electron chi connectivity index (χ3n) is 2.70. The number of anilines is 1. The van der Waals surface area contributed by atoms with E-state index in [2.05, 4.69) is 0 Å². The summed E-state index contributed by atoms with van der Waals surface area (Å²) in [5.74, 6) is -0.699. The van der Waals surface area contributed by atoms with Crippen molar-refractivity contribution in [2.75, 3.05) is 12.3 Å². The maximum absolute atomic E-state index is 11.9. The summed E-state index contributed by atoms with van der Waals surface area (Å²) >= 11 is 0. The van der Waals surface area contributed by atoms with Crippen LogP contribution in [0.2, 0.25) is 0 Å². The minimum absolute atomic E-state index is 0.115. The molecule has 2 aromatic carbocycles. The predicted octanol–water partition coefficient (Wildman–Crippen LogP) is 2.23. The van der Waals surface area contributed by atoms with Gasteiger partial charge in [0.2, 0.25) is 0 Å². The van der Waals surface area contributed by atoms with Crippen molar-refractivity contribution in [2.45, 2.75) is 0 Å². The molecule has 0 saturated heterocycles. The molecule has 0 heterocycles. The van der Waals surface area contributed by atoms with Crippen LogP contribution in [0, 0.1) is 0 Å². The molecule has 0 bridgehead atoms. The minimum Gasteiger partial charge on any atom is -0.485 e. The molecule has 3 N–H and O–H groups in total. The molecule has 102 valence electrons. The maximum atomic E-state index is 11.9. The second-order valence-corrected chi connectivity index (χ2v) is 4.16. The molecule has 0 atom stereocenters. The molecule has 0 unspecified atom stereocenters. The van der Waals surface area contributed by atoms with E-state index in [-0.39, 0.29) is 18.0 Å². The fourth-order valence-electron chi connectivity index (χ4n) is 1.59. The molecular weight excluding hydrogens is 258 g/mol. The van der Waals surface area contributed by atoms with Gasteiger partial charge in [-0.05, 0) is 36.4 Å². The molecule has 0 aliphatic carbocycles. The van der Waals surface area contributed by atoms with Crippen molar-refractivity contribution in [3.05, 3.63) is 59.7 Å². The lowest BCUT2D eigenvalue weighted by Gasteiger charge is -2.06. The fourth-order valence-corrected chi connectivity index (χ4v) is 1.59. The van der Waals surface area contributed by atoms with Crippen molar-refractivity contribution >= 4 is 17.4 Å². The van der Waals surface area contributed by atoms with E-state index in [0.717, 1.165) is 0 Å². The summed E-state index contributed by atoms with van der Waals surface area (Å²) < 4.78 is 5.33. The first-order chi connectivity index (χ1) is 9.56. The zero-order valence-electron chi connectivity index (χ0n) is 10.6. The van der Waals surface area contributed by atoms with Gasteiger partial charge < -0.3 is 15.6 Å². The van der Waals surface area contributed by atoms with Gasteiger partial charge in [-0.2, -0.15) is 0 Å². The molecule has 0 fully saturated rings. The highest BCUT2D eigenvalue weighted by Gasteiger charge is 2.08. The molecule has 0 aromatic heterocycles. The van der Waals surface area contributed by atoms with Gasteiger partial charge in [0, 0.05) is 11.3 Å². The standard InChI is InChI=1S/C15H13NO4/c16-12-5-7-13(8-6-12)20-9-14(17)10-1-3-11(4-2-10)15(18)19/h1-8H,9,16H2,(H,18,19). The summed E-state index contributed by atoms with van der Waals surface area (Å²) in [5.41, 5.74) is 6.71. The lowest BCUT2D eigenvalue weighted by Crippen LogP contribution is -2.11. The third kappa shape index (κ3) is 3.35. The van der Waals surface area contributed by atoms with Crippen LogP contribution in [0.5, 0.6) is 5.75 Å². The summed E-state index contributed by atoms with van der Waals surface area (Å²) in [7, 11) is 0. The Bertz CT molecular complexity index is 617. The van der Waals surface area contributed by atoms with Crippen molar-refractivity contribution in [1.82, 2.24) is 0 Å². The van der Waals surface area contributed by atoms with Crippen molar-refractivity contribution in [2.24, 2.45) is 0 Å². The van der Waals surface area contributed by atoms with E-state index in [0.29, 0.717) is 17.0 Å². The molecule has 0 saturated carbocycles. The fraction of sp³-hybridized carbons (Fsp3) is 0.0667. The van der Waals surface area contributed by atoms with Crippen LogP contribution in [0.3, 0.4) is 0 Å². The van der Waals surface area contributed by atoms with Gasteiger partial charge >= 0.3 is 5.97 Å². The third-order valence-corrected chi connectivity index (χ3v) is 2.70. The zero-order chi connectivity index (χ0) is 14.5. The van der Waals surface area contributed by atoms with Crippen LogP contribution in [0.4, 0.5) is 5.69 Å². The maximum Gasteiger partial charge on any atom is 0.335 e.